The van der Waals surface area contributed by atoms with Gasteiger partial charge in [-0.05, 0) is 25.1 Å². The van der Waals surface area contributed by atoms with E-state index in [2.05, 4.69) is 44.0 Å². The topological polar surface area (TPSA) is 12.4 Å². The lowest BCUT2D eigenvalue weighted by Gasteiger charge is -2.20. The van der Waals surface area contributed by atoms with E-state index in [4.69, 9.17) is 0 Å². The lowest BCUT2D eigenvalue weighted by Crippen LogP contribution is -2.17. The van der Waals surface area contributed by atoms with Crippen LogP contribution in [0.3, 0.4) is 0 Å². The standard InChI is InChI=1S/C11H17N/c1-4-8-12-11-9(2)6-5-7-10(11)3/h5-9,11H,4H2,1-3H3. The maximum absolute atomic E-state index is 4.52. The van der Waals surface area contributed by atoms with Crippen molar-refractivity contribution in [1.82, 2.24) is 0 Å². The van der Waals surface area contributed by atoms with Gasteiger partial charge in [0, 0.05) is 5.92 Å². The van der Waals surface area contributed by atoms with Gasteiger partial charge in [0.25, 0.3) is 0 Å². The summed E-state index contributed by atoms with van der Waals surface area (Å²) in [5, 5.41) is 0. The van der Waals surface area contributed by atoms with Gasteiger partial charge in [-0.3, -0.25) is 4.99 Å². The molecule has 0 radical (unpaired) electrons. The van der Waals surface area contributed by atoms with Gasteiger partial charge in [0.1, 0.15) is 0 Å². The van der Waals surface area contributed by atoms with Crippen LogP contribution in [0.1, 0.15) is 27.2 Å². The van der Waals surface area contributed by atoms with Crippen LogP contribution >= 0.6 is 0 Å². The number of hydrogen-bond donors (Lipinski definition) is 0. The summed E-state index contributed by atoms with van der Waals surface area (Å²) in [5.41, 5.74) is 1.37. The Kier molecular flexibility index (Phi) is 3.27. The fraction of sp³-hybridized carbons (Fsp3) is 0.545. The van der Waals surface area contributed by atoms with Gasteiger partial charge in [0.15, 0.2) is 0 Å². The summed E-state index contributed by atoms with van der Waals surface area (Å²) in [4.78, 5) is 4.52. The molecule has 0 aliphatic heterocycles. The van der Waals surface area contributed by atoms with E-state index in [0.29, 0.717) is 12.0 Å². The van der Waals surface area contributed by atoms with E-state index in [9.17, 15) is 0 Å². The largest absolute Gasteiger partial charge is 0.289 e. The first kappa shape index (κ1) is 9.24. The number of hydrogen-bond acceptors (Lipinski definition) is 1. The maximum atomic E-state index is 4.52. The molecule has 0 N–H and O–H groups in total. The van der Waals surface area contributed by atoms with Gasteiger partial charge in [-0.2, -0.15) is 0 Å². The Labute approximate surface area is 74.9 Å². The third kappa shape index (κ3) is 2.07. The summed E-state index contributed by atoms with van der Waals surface area (Å²) in [5.74, 6) is 0.554. The summed E-state index contributed by atoms with van der Waals surface area (Å²) in [6.07, 6.45) is 9.53. The van der Waals surface area contributed by atoms with Gasteiger partial charge in [-0.15, -0.1) is 0 Å². The number of allylic oxidation sites excluding steroid dienone is 2. The van der Waals surface area contributed by atoms with Crippen molar-refractivity contribution in [2.24, 2.45) is 10.9 Å². The van der Waals surface area contributed by atoms with Crippen molar-refractivity contribution in [2.75, 3.05) is 0 Å². The molecule has 2 atom stereocenters. The van der Waals surface area contributed by atoms with Crippen molar-refractivity contribution in [2.45, 2.75) is 33.2 Å². The van der Waals surface area contributed by atoms with Gasteiger partial charge in [-0.1, -0.05) is 32.1 Å². The molecule has 0 aromatic heterocycles. The summed E-state index contributed by atoms with van der Waals surface area (Å²) < 4.78 is 0. The Morgan fingerprint density at radius 1 is 1.58 bits per heavy atom. The molecule has 1 rings (SSSR count). The number of nitrogens with zero attached hydrogens (tertiary/aromatic N) is 1. The third-order valence-electron chi connectivity index (χ3n) is 2.19. The zero-order valence-corrected chi connectivity index (χ0v) is 8.12. The molecule has 0 spiro atoms. The average molecular weight is 163 g/mol. The highest BCUT2D eigenvalue weighted by atomic mass is 14.8. The minimum absolute atomic E-state index is 0.384. The van der Waals surface area contributed by atoms with Crippen LogP contribution in [0.5, 0.6) is 0 Å². The molecule has 66 valence electrons. The first-order valence-corrected chi connectivity index (χ1v) is 4.62. The van der Waals surface area contributed by atoms with Crippen molar-refractivity contribution in [3.05, 3.63) is 23.8 Å². The normalized spacial score (nSPS) is 29.4. The second-order valence-electron chi connectivity index (χ2n) is 3.34. The van der Waals surface area contributed by atoms with Crippen molar-refractivity contribution in [3.8, 4) is 0 Å². The third-order valence-corrected chi connectivity index (χ3v) is 2.19. The van der Waals surface area contributed by atoms with E-state index < -0.39 is 0 Å². The highest BCUT2D eigenvalue weighted by molar-refractivity contribution is 5.57. The first-order valence-electron chi connectivity index (χ1n) is 4.62. The van der Waals surface area contributed by atoms with Crippen LogP contribution in [-0.2, 0) is 0 Å². The number of aliphatic imine (C=N–C) groups is 1. The van der Waals surface area contributed by atoms with Crippen LogP contribution in [0.4, 0.5) is 0 Å². The molecular formula is C11H17N. The fourth-order valence-corrected chi connectivity index (χ4v) is 1.47. The molecule has 1 nitrogen and oxygen atoms in total. The Morgan fingerprint density at radius 2 is 2.33 bits per heavy atom. The molecule has 0 aromatic carbocycles. The molecular weight excluding hydrogens is 146 g/mol. The molecule has 0 aromatic rings. The molecule has 1 aliphatic carbocycles. The van der Waals surface area contributed by atoms with Gasteiger partial charge in [0.2, 0.25) is 0 Å². The predicted molar refractivity (Wildman–Crippen MR) is 54.6 cm³/mol. The summed E-state index contributed by atoms with van der Waals surface area (Å²) in [6, 6.07) is 0.384. The quantitative estimate of drug-likeness (QED) is 0.555. The van der Waals surface area contributed by atoms with E-state index in [1.165, 1.54) is 5.57 Å². The molecule has 0 amide bonds. The van der Waals surface area contributed by atoms with E-state index in [0.717, 1.165) is 6.42 Å². The Morgan fingerprint density at radius 3 is 2.92 bits per heavy atom. The Balaban J connectivity index is 2.68. The monoisotopic (exact) mass is 163 g/mol. The van der Waals surface area contributed by atoms with E-state index in [-0.39, 0.29) is 0 Å². The average Bonchev–Trinajstić information content (AvgIpc) is 2.04. The highest BCUT2D eigenvalue weighted by Gasteiger charge is 2.16. The molecule has 0 fully saturated rings. The van der Waals surface area contributed by atoms with Gasteiger partial charge in [-0.25, -0.2) is 0 Å². The van der Waals surface area contributed by atoms with Crippen molar-refractivity contribution < 1.29 is 0 Å². The lowest BCUT2D eigenvalue weighted by atomic mass is 9.91. The summed E-state index contributed by atoms with van der Waals surface area (Å²) in [6.45, 7) is 6.48. The van der Waals surface area contributed by atoms with E-state index in [1.807, 2.05) is 6.21 Å². The van der Waals surface area contributed by atoms with Crippen LogP contribution < -0.4 is 0 Å². The van der Waals surface area contributed by atoms with Gasteiger partial charge in [0.05, 0.1) is 6.04 Å². The van der Waals surface area contributed by atoms with Crippen LogP contribution in [0.25, 0.3) is 0 Å². The van der Waals surface area contributed by atoms with Gasteiger partial charge >= 0.3 is 0 Å². The van der Waals surface area contributed by atoms with Crippen LogP contribution in [0.2, 0.25) is 0 Å². The minimum Gasteiger partial charge on any atom is -0.289 e. The predicted octanol–water partition coefficient (Wildman–Crippen LogP) is 2.99. The van der Waals surface area contributed by atoms with Crippen molar-refractivity contribution in [3.63, 3.8) is 0 Å². The first-order chi connectivity index (χ1) is 5.75. The van der Waals surface area contributed by atoms with Gasteiger partial charge < -0.3 is 0 Å². The Bertz CT molecular complexity index is 223. The molecule has 0 saturated carbocycles. The summed E-state index contributed by atoms with van der Waals surface area (Å²) >= 11 is 0. The van der Waals surface area contributed by atoms with Crippen LogP contribution in [0, 0.1) is 5.92 Å². The molecule has 1 aliphatic rings. The molecule has 1 heteroatoms. The highest BCUT2D eigenvalue weighted by Crippen LogP contribution is 2.21. The second-order valence-corrected chi connectivity index (χ2v) is 3.34. The zero-order chi connectivity index (χ0) is 8.97. The van der Waals surface area contributed by atoms with Crippen molar-refractivity contribution >= 4 is 6.21 Å². The SMILES string of the molecule is CCC=NC1C(C)=CC=CC1C. The summed E-state index contributed by atoms with van der Waals surface area (Å²) in [7, 11) is 0. The maximum Gasteiger partial charge on any atom is 0.0765 e. The van der Waals surface area contributed by atoms with E-state index in [1.54, 1.807) is 0 Å². The molecule has 0 bridgehead atoms. The fourth-order valence-electron chi connectivity index (χ4n) is 1.47. The molecule has 2 unspecified atom stereocenters. The Hall–Kier alpha value is -0.850. The van der Waals surface area contributed by atoms with Crippen LogP contribution in [-0.4, -0.2) is 12.3 Å². The zero-order valence-electron chi connectivity index (χ0n) is 8.12. The smallest absolute Gasteiger partial charge is 0.0765 e. The number of rotatable bonds is 2. The molecule has 0 saturated heterocycles. The van der Waals surface area contributed by atoms with E-state index >= 15 is 0 Å². The molecule has 0 heterocycles. The second kappa shape index (κ2) is 4.24. The lowest BCUT2D eigenvalue weighted by molar-refractivity contribution is 0.600. The minimum atomic E-state index is 0.384. The van der Waals surface area contributed by atoms with Crippen molar-refractivity contribution in [1.29, 1.82) is 0 Å². The van der Waals surface area contributed by atoms with Crippen LogP contribution in [0.15, 0.2) is 28.8 Å². The molecule has 12 heavy (non-hydrogen) atoms.